The Morgan fingerprint density at radius 2 is 1.48 bits per heavy atom. The fourth-order valence-corrected chi connectivity index (χ4v) is 4.47. The van der Waals surface area contributed by atoms with E-state index in [1.54, 1.807) is 0 Å². The van der Waals surface area contributed by atoms with E-state index in [0.717, 1.165) is 55.8 Å². The molecule has 0 amide bonds. The van der Waals surface area contributed by atoms with E-state index in [2.05, 4.69) is 9.80 Å². The first-order valence-electron chi connectivity index (χ1n) is 11.7. The van der Waals surface area contributed by atoms with E-state index in [1.807, 2.05) is 37.3 Å². The van der Waals surface area contributed by atoms with Crippen LogP contribution in [-0.4, -0.2) is 74.9 Å². The Bertz CT molecular complexity index is 873. The minimum Gasteiger partial charge on any atom is -0.492 e. The van der Waals surface area contributed by atoms with Crippen LogP contribution in [0.25, 0.3) is 10.8 Å². The minimum atomic E-state index is -0.346. The van der Waals surface area contributed by atoms with Crippen molar-refractivity contribution in [2.24, 2.45) is 0 Å². The number of likely N-dealkylation sites (tertiary alicyclic amines) is 2. The summed E-state index contributed by atoms with van der Waals surface area (Å²) in [4.78, 5) is 17.4. The van der Waals surface area contributed by atoms with Gasteiger partial charge in [0.05, 0.1) is 6.61 Å². The number of ether oxygens (including phenoxy) is 3. The summed E-state index contributed by atoms with van der Waals surface area (Å²) in [5, 5.41) is 1.92. The smallest absolute Gasteiger partial charge is 0.341 e. The summed E-state index contributed by atoms with van der Waals surface area (Å²) in [7, 11) is 0. The Hall–Kier alpha value is -2.31. The minimum absolute atomic E-state index is 0.337. The van der Waals surface area contributed by atoms with Crippen molar-refractivity contribution in [3.05, 3.63) is 35.9 Å². The number of carbonyl (C=O) groups is 1. The van der Waals surface area contributed by atoms with Gasteiger partial charge in [-0.25, -0.2) is 4.79 Å². The van der Waals surface area contributed by atoms with Crippen LogP contribution in [0.3, 0.4) is 0 Å². The molecule has 31 heavy (non-hydrogen) atoms. The molecule has 6 nitrogen and oxygen atoms in total. The molecular weight excluding hydrogens is 392 g/mol. The summed E-state index contributed by atoms with van der Waals surface area (Å²) in [5.41, 5.74) is 0.477. The standard InChI is InChI=1S/C25H34N2O4/c1-2-29-25(28)22-18-20-8-7-9-23(30-16-14-26-10-3-4-11-26)21(20)19-24(22)31-17-15-27-12-5-6-13-27/h7-9,18-19H,2-6,10-17H2,1H3. The number of esters is 1. The first-order valence-corrected chi connectivity index (χ1v) is 11.7. The van der Waals surface area contributed by atoms with Crippen LogP contribution in [0.2, 0.25) is 0 Å². The molecule has 0 bridgehead atoms. The number of hydrogen-bond donors (Lipinski definition) is 0. The van der Waals surface area contributed by atoms with Crippen LogP contribution in [0.5, 0.6) is 11.5 Å². The SMILES string of the molecule is CCOC(=O)c1cc2cccc(OCCN3CCCC3)c2cc1OCCN1CCCC1. The first kappa shape index (κ1) is 21.9. The van der Waals surface area contributed by atoms with E-state index in [9.17, 15) is 4.79 Å². The Morgan fingerprint density at radius 1 is 0.871 bits per heavy atom. The second kappa shape index (κ2) is 10.8. The van der Waals surface area contributed by atoms with Gasteiger partial charge in [0.1, 0.15) is 30.3 Å². The van der Waals surface area contributed by atoms with E-state index in [4.69, 9.17) is 14.2 Å². The lowest BCUT2D eigenvalue weighted by Gasteiger charge is -2.18. The molecule has 0 atom stereocenters. The largest absolute Gasteiger partial charge is 0.492 e. The Morgan fingerprint density at radius 3 is 2.10 bits per heavy atom. The van der Waals surface area contributed by atoms with Crippen LogP contribution < -0.4 is 9.47 Å². The fraction of sp³-hybridized carbons (Fsp3) is 0.560. The van der Waals surface area contributed by atoms with Gasteiger partial charge in [0, 0.05) is 18.5 Å². The average molecular weight is 427 g/mol. The summed E-state index contributed by atoms with van der Waals surface area (Å²) >= 11 is 0. The molecule has 2 aliphatic heterocycles. The van der Waals surface area contributed by atoms with Gasteiger partial charge < -0.3 is 14.2 Å². The summed E-state index contributed by atoms with van der Waals surface area (Å²) in [6.07, 6.45) is 5.07. The number of rotatable bonds is 10. The Balaban J connectivity index is 1.52. The molecule has 0 saturated carbocycles. The van der Waals surface area contributed by atoms with Crippen LogP contribution in [0.4, 0.5) is 0 Å². The molecule has 2 aromatic carbocycles. The van der Waals surface area contributed by atoms with E-state index in [1.165, 1.54) is 25.7 Å². The zero-order chi connectivity index (χ0) is 21.5. The van der Waals surface area contributed by atoms with Gasteiger partial charge in [-0.1, -0.05) is 12.1 Å². The molecule has 2 fully saturated rings. The molecule has 2 aromatic rings. The summed E-state index contributed by atoms with van der Waals surface area (Å²) in [6.45, 7) is 9.75. The monoisotopic (exact) mass is 426 g/mol. The van der Waals surface area contributed by atoms with Gasteiger partial charge in [-0.15, -0.1) is 0 Å². The molecule has 6 heteroatoms. The molecule has 0 aromatic heterocycles. The first-order chi connectivity index (χ1) is 15.2. The van der Waals surface area contributed by atoms with E-state index < -0.39 is 0 Å². The van der Waals surface area contributed by atoms with Crippen molar-refractivity contribution < 1.29 is 19.0 Å². The maximum Gasteiger partial charge on any atom is 0.341 e. The highest BCUT2D eigenvalue weighted by molar-refractivity contribution is 6.00. The lowest BCUT2D eigenvalue weighted by molar-refractivity contribution is 0.0521. The van der Waals surface area contributed by atoms with Crippen molar-refractivity contribution in [2.45, 2.75) is 32.6 Å². The zero-order valence-corrected chi connectivity index (χ0v) is 18.6. The van der Waals surface area contributed by atoms with Crippen molar-refractivity contribution in [1.29, 1.82) is 0 Å². The third-order valence-electron chi connectivity index (χ3n) is 6.16. The number of hydrogen-bond acceptors (Lipinski definition) is 6. The summed E-state index contributed by atoms with van der Waals surface area (Å²) < 4.78 is 17.5. The third-order valence-corrected chi connectivity index (χ3v) is 6.16. The van der Waals surface area contributed by atoms with Gasteiger partial charge in [-0.05, 0) is 82.4 Å². The summed E-state index contributed by atoms with van der Waals surface area (Å²) in [5.74, 6) is 1.05. The van der Waals surface area contributed by atoms with Gasteiger partial charge >= 0.3 is 5.97 Å². The van der Waals surface area contributed by atoms with Gasteiger partial charge in [0.25, 0.3) is 0 Å². The lowest BCUT2D eigenvalue weighted by Crippen LogP contribution is -2.25. The number of fused-ring (bicyclic) bond motifs is 1. The molecule has 4 rings (SSSR count). The van der Waals surface area contributed by atoms with Gasteiger partial charge in [0.2, 0.25) is 0 Å². The normalized spacial score (nSPS) is 17.3. The fourth-order valence-electron chi connectivity index (χ4n) is 4.47. The van der Waals surface area contributed by atoms with E-state index in [-0.39, 0.29) is 5.97 Å². The maximum atomic E-state index is 12.6. The Kier molecular flexibility index (Phi) is 7.65. The van der Waals surface area contributed by atoms with Crippen molar-refractivity contribution in [3.63, 3.8) is 0 Å². The zero-order valence-electron chi connectivity index (χ0n) is 18.6. The van der Waals surface area contributed by atoms with Crippen LogP contribution in [0, 0.1) is 0 Å². The Labute approximate surface area is 185 Å². The second-order valence-electron chi connectivity index (χ2n) is 8.34. The predicted molar refractivity (Wildman–Crippen MR) is 122 cm³/mol. The molecule has 0 aliphatic carbocycles. The van der Waals surface area contributed by atoms with E-state index in [0.29, 0.717) is 31.1 Å². The predicted octanol–water partition coefficient (Wildman–Crippen LogP) is 3.97. The third kappa shape index (κ3) is 5.69. The molecule has 0 spiro atoms. The van der Waals surface area contributed by atoms with Crippen LogP contribution in [0.15, 0.2) is 30.3 Å². The topological polar surface area (TPSA) is 51.2 Å². The van der Waals surface area contributed by atoms with Crippen molar-refractivity contribution in [2.75, 3.05) is 59.1 Å². The van der Waals surface area contributed by atoms with Gasteiger partial charge in [0.15, 0.2) is 0 Å². The number of carbonyl (C=O) groups excluding carboxylic acids is 1. The van der Waals surface area contributed by atoms with Crippen molar-refractivity contribution in [1.82, 2.24) is 9.80 Å². The van der Waals surface area contributed by atoms with Crippen molar-refractivity contribution >= 4 is 16.7 Å². The molecule has 2 saturated heterocycles. The molecule has 168 valence electrons. The van der Waals surface area contributed by atoms with Gasteiger partial charge in [-0.2, -0.15) is 0 Å². The molecule has 2 heterocycles. The molecule has 0 radical (unpaired) electrons. The van der Waals surface area contributed by atoms with Crippen LogP contribution >= 0.6 is 0 Å². The summed E-state index contributed by atoms with van der Waals surface area (Å²) in [6, 6.07) is 9.77. The molecule has 2 aliphatic rings. The quantitative estimate of drug-likeness (QED) is 0.536. The van der Waals surface area contributed by atoms with Crippen molar-refractivity contribution in [3.8, 4) is 11.5 Å². The molecule has 0 N–H and O–H groups in total. The highest BCUT2D eigenvalue weighted by Gasteiger charge is 2.18. The second-order valence-corrected chi connectivity index (χ2v) is 8.34. The number of nitrogens with zero attached hydrogens (tertiary/aromatic N) is 2. The highest BCUT2D eigenvalue weighted by Crippen LogP contribution is 2.33. The molecule has 0 unspecified atom stereocenters. The maximum absolute atomic E-state index is 12.6. The van der Waals surface area contributed by atoms with Gasteiger partial charge in [-0.3, -0.25) is 9.80 Å². The molecular formula is C25H34N2O4. The van der Waals surface area contributed by atoms with Crippen LogP contribution in [-0.2, 0) is 4.74 Å². The van der Waals surface area contributed by atoms with E-state index >= 15 is 0 Å². The highest BCUT2D eigenvalue weighted by atomic mass is 16.5. The average Bonchev–Trinajstić information content (AvgIpc) is 3.48. The lowest BCUT2D eigenvalue weighted by atomic mass is 10.0. The number of benzene rings is 2. The van der Waals surface area contributed by atoms with Crippen LogP contribution in [0.1, 0.15) is 43.0 Å².